The highest BCUT2D eigenvalue weighted by molar-refractivity contribution is 6.50. The summed E-state index contributed by atoms with van der Waals surface area (Å²) < 4.78 is 10.4. The molecule has 0 rings (SSSR count). The minimum atomic E-state index is -1.66. The molecule has 0 N–H and O–H groups in total. The summed E-state index contributed by atoms with van der Waals surface area (Å²) in [6, 6.07) is 0. The lowest BCUT2D eigenvalue weighted by Gasteiger charge is -2.26. The molecule has 2 nitrogen and oxygen atoms in total. The number of hydrogen-bond donors (Lipinski definition) is 0. The fourth-order valence-corrected chi connectivity index (χ4v) is 2.47. The zero-order valence-corrected chi connectivity index (χ0v) is 8.62. The highest BCUT2D eigenvalue weighted by Crippen LogP contribution is 2.32. The van der Waals surface area contributed by atoms with E-state index in [0.29, 0.717) is 0 Å². The smallest absolute Gasteiger partial charge is 0.334 e. The Morgan fingerprint density at radius 3 is 1.64 bits per heavy atom. The second-order valence-electron chi connectivity index (χ2n) is 2.58. The molecule has 0 radical (unpaired) electrons. The van der Waals surface area contributed by atoms with Crippen LogP contribution in [-0.4, -0.2) is 23.5 Å². The summed E-state index contributed by atoms with van der Waals surface area (Å²) in [4.78, 5) is 0. The lowest BCUT2D eigenvalue weighted by atomic mass is 10.2. The minimum absolute atomic E-state index is 0.177. The van der Waals surface area contributed by atoms with E-state index < -0.39 is 9.28 Å². The SMILES string of the molecule is C=CC(C)(C=C)[SiH](OC)OC. The van der Waals surface area contributed by atoms with Gasteiger partial charge in [0.1, 0.15) is 0 Å². The quantitative estimate of drug-likeness (QED) is 0.463. The van der Waals surface area contributed by atoms with Crippen molar-refractivity contribution in [3.8, 4) is 0 Å². The average molecular weight is 172 g/mol. The fraction of sp³-hybridized carbons (Fsp3) is 0.500. The lowest BCUT2D eigenvalue weighted by molar-refractivity contribution is 0.263. The average Bonchev–Trinajstić information content (AvgIpc) is 2.06. The van der Waals surface area contributed by atoms with Gasteiger partial charge in [-0.15, -0.1) is 13.2 Å². The van der Waals surface area contributed by atoms with Gasteiger partial charge in [0.25, 0.3) is 0 Å². The third-order valence-electron chi connectivity index (χ3n) is 1.82. The Hall–Kier alpha value is -0.383. The van der Waals surface area contributed by atoms with E-state index in [1.165, 1.54) is 0 Å². The molecular weight excluding hydrogens is 156 g/mol. The van der Waals surface area contributed by atoms with Crippen LogP contribution in [0.25, 0.3) is 0 Å². The second kappa shape index (κ2) is 4.49. The Morgan fingerprint density at radius 1 is 1.18 bits per heavy atom. The molecule has 0 bridgehead atoms. The summed E-state index contributed by atoms with van der Waals surface area (Å²) in [5.41, 5.74) is 0. The number of hydrogen-bond acceptors (Lipinski definition) is 2. The molecule has 0 fully saturated rings. The first-order valence-corrected chi connectivity index (χ1v) is 4.99. The summed E-state index contributed by atoms with van der Waals surface area (Å²) in [5, 5.41) is -0.177. The molecule has 0 aliphatic carbocycles. The zero-order chi connectivity index (χ0) is 8.91. The van der Waals surface area contributed by atoms with Crippen LogP contribution in [0.4, 0.5) is 0 Å². The van der Waals surface area contributed by atoms with Crippen LogP contribution in [0.1, 0.15) is 6.92 Å². The van der Waals surface area contributed by atoms with E-state index in [9.17, 15) is 0 Å². The molecule has 0 heterocycles. The molecule has 0 saturated carbocycles. The van der Waals surface area contributed by atoms with Gasteiger partial charge in [0.05, 0.1) is 0 Å². The predicted molar refractivity (Wildman–Crippen MR) is 49.9 cm³/mol. The molecule has 0 unspecified atom stereocenters. The fourth-order valence-electron chi connectivity index (χ4n) is 0.880. The minimum Gasteiger partial charge on any atom is -0.399 e. The molecule has 3 heteroatoms. The summed E-state index contributed by atoms with van der Waals surface area (Å²) in [5.74, 6) is 0. The summed E-state index contributed by atoms with van der Waals surface area (Å²) >= 11 is 0. The maximum atomic E-state index is 5.22. The summed E-state index contributed by atoms with van der Waals surface area (Å²) in [6.07, 6.45) is 3.65. The predicted octanol–water partition coefficient (Wildman–Crippen LogP) is 1.63. The topological polar surface area (TPSA) is 18.5 Å². The Morgan fingerprint density at radius 2 is 1.55 bits per heavy atom. The van der Waals surface area contributed by atoms with Crippen molar-refractivity contribution in [1.29, 1.82) is 0 Å². The van der Waals surface area contributed by atoms with Crippen molar-refractivity contribution in [3.63, 3.8) is 0 Å². The second-order valence-corrected chi connectivity index (χ2v) is 5.43. The molecule has 0 spiro atoms. The Bertz CT molecular complexity index is 133. The van der Waals surface area contributed by atoms with E-state index in [1.807, 2.05) is 19.1 Å². The number of rotatable bonds is 5. The molecule has 64 valence electrons. The van der Waals surface area contributed by atoms with Gasteiger partial charge in [-0.25, -0.2) is 0 Å². The molecule has 0 aromatic rings. The Labute approximate surface area is 70.4 Å². The van der Waals surface area contributed by atoms with Gasteiger partial charge in [0.15, 0.2) is 0 Å². The van der Waals surface area contributed by atoms with Crippen molar-refractivity contribution < 1.29 is 8.85 Å². The molecule has 0 aromatic heterocycles. The van der Waals surface area contributed by atoms with Crippen molar-refractivity contribution in [3.05, 3.63) is 25.3 Å². The molecule has 0 aliphatic heterocycles. The van der Waals surface area contributed by atoms with Gasteiger partial charge in [0, 0.05) is 19.3 Å². The van der Waals surface area contributed by atoms with E-state index in [0.717, 1.165) is 0 Å². The highest BCUT2D eigenvalue weighted by atomic mass is 28.3. The van der Waals surface area contributed by atoms with E-state index in [-0.39, 0.29) is 5.04 Å². The Balaban J connectivity index is 4.43. The highest BCUT2D eigenvalue weighted by Gasteiger charge is 2.31. The van der Waals surface area contributed by atoms with Gasteiger partial charge in [-0.05, 0) is 0 Å². The first kappa shape index (κ1) is 10.6. The maximum Gasteiger partial charge on any atom is 0.334 e. The first-order valence-electron chi connectivity index (χ1n) is 3.47. The third-order valence-corrected chi connectivity index (χ3v) is 4.16. The largest absolute Gasteiger partial charge is 0.399 e. The van der Waals surface area contributed by atoms with Crippen molar-refractivity contribution in [2.75, 3.05) is 14.2 Å². The van der Waals surface area contributed by atoms with Gasteiger partial charge < -0.3 is 8.85 Å². The van der Waals surface area contributed by atoms with Crippen molar-refractivity contribution in [1.82, 2.24) is 0 Å². The van der Waals surface area contributed by atoms with Crippen LogP contribution in [-0.2, 0) is 8.85 Å². The van der Waals surface area contributed by atoms with Gasteiger partial charge in [-0.1, -0.05) is 19.1 Å². The number of allylic oxidation sites excluding steroid dienone is 2. The van der Waals surface area contributed by atoms with Crippen molar-refractivity contribution in [2.24, 2.45) is 0 Å². The maximum absolute atomic E-state index is 5.22. The van der Waals surface area contributed by atoms with E-state index in [1.54, 1.807) is 14.2 Å². The van der Waals surface area contributed by atoms with Crippen LogP contribution >= 0.6 is 0 Å². The summed E-state index contributed by atoms with van der Waals surface area (Å²) in [7, 11) is 1.66. The van der Waals surface area contributed by atoms with Gasteiger partial charge in [-0.2, -0.15) is 0 Å². The standard InChI is InChI=1S/C8H16O2Si/c1-6-8(3,7-2)11(9-4)10-5/h6-7,11H,1-2H2,3-5H3. The molecular formula is C8H16O2Si. The van der Waals surface area contributed by atoms with Gasteiger partial charge >= 0.3 is 9.28 Å². The monoisotopic (exact) mass is 172 g/mol. The molecule has 0 aliphatic rings. The summed E-state index contributed by atoms with van der Waals surface area (Å²) in [6.45, 7) is 9.46. The lowest BCUT2D eigenvalue weighted by Crippen LogP contribution is -2.31. The van der Waals surface area contributed by atoms with Gasteiger partial charge in [0.2, 0.25) is 0 Å². The molecule has 0 atom stereocenters. The normalized spacial score (nSPS) is 11.6. The van der Waals surface area contributed by atoms with Crippen LogP contribution in [0, 0.1) is 0 Å². The molecule has 0 amide bonds. The van der Waals surface area contributed by atoms with E-state index >= 15 is 0 Å². The van der Waals surface area contributed by atoms with Gasteiger partial charge in [-0.3, -0.25) is 0 Å². The molecule has 0 aromatic carbocycles. The molecule has 0 saturated heterocycles. The first-order chi connectivity index (χ1) is 5.14. The van der Waals surface area contributed by atoms with E-state index in [2.05, 4.69) is 13.2 Å². The van der Waals surface area contributed by atoms with Crippen LogP contribution in [0.2, 0.25) is 5.04 Å². The zero-order valence-electron chi connectivity index (χ0n) is 7.46. The van der Waals surface area contributed by atoms with Crippen molar-refractivity contribution >= 4 is 9.28 Å². The van der Waals surface area contributed by atoms with E-state index in [4.69, 9.17) is 8.85 Å². The third kappa shape index (κ3) is 2.29. The molecule has 11 heavy (non-hydrogen) atoms. The Kier molecular flexibility index (Phi) is 4.33. The van der Waals surface area contributed by atoms with Crippen molar-refractivity contribution in [2.45, 2.75) is 12.0 Å². The van der Waals surface area contributed by atoms with Crippen LogP contribution < -0.4 is 0 Å². The van der Waals surface area contributed by atoms with Crippen LogP contribution in [0.5, 0.6) is 0 Å². The van der Waals surface area contributed by atoms with Crippen LogP contribution in [0.3, 0.4) is 0 Å². The van der Waals surface area contributed by atoms with Crippen LogP contribution in [0.15, 0.2) is 25.3 Å².